The number of hydrogen-bond donors (Lipinski definition) is 1. The van der Waals surface area contributed by atoms with E-state index in [9.17, 15) is 4.79 Å². The molecule has 4 heteroatoms. The van der Waals surface area contributed by atoms with Crippen molar-refractivity contribution in [2.24, 2.45) is 0 Å². The quantitative estimate of drug-likeness (QED) is 0.812. The van der Waals surface area contributed by atoms with Crippen LogP contribution in [0.1, 0.15) is 12.8 Å². The summed E-state index contributed by atoms with van der Waals surface area (Å²) in [7, 11) is 1.87. The van der Waals surface area contributed by atoms with Gasteiger partial charge in [-0.15, -0.1) is 0 Å². The fraction of sp³-hybridized carbons (Fsp3) is 0.500. The Bertz CT molecular complexity index is 380. The van der Waals surface area contributed by atoms with E-state index in [1.54, 1.807) is 4.90 Å². The first-order valence-electron chi connectivity index (χ1n) is 6.52. The topological polar surface area (TPSA) is 35.6 Å². The molecule has 4 nitrogen and oxygen atoms in total. The molecule has 0 spiro atoms. The van der Waals surface area contributed by atoms with Crippen molar-refractivity contribution < 1.29 is 4.79 Å². The first-order valence-corrected chi connectivity index (χ1v) is 6.52. The van der Waals surface area contributed by atoms with E-state index in [0.717, 1.165) is 26.1 Å². The first kappa shape index (κ1) is 12.9. The van der Waals surface area contributed by atoms with E-state index in [1.807, 2.05) is 25.2 Å². The number of nitrogens with zero attached hydrogens (tertiary/aromatic N) is 2. The van der Waals surface area contributed by atoms with Crippen molar-refractivity contribution in [3.63, 3.8) is 0 Å². The molecule has 0 bridgehead atoms. The number of amides is 1. The molecule has 0 unspecified atom stereocenters. The molecular formula is C14H21N3O. The fourth-order valence-corrected chi connectivity index (χ4v) is 2.16. The molecule has 1 N–H and O–H groups in total. The average Bonchev–Trinajstić information content (AvgIpc) is 2.41. The lowest BCUT2D eigenvalue weighted by Crippen LogP contribution is -2.42. The van der Waals surface area contributed by atoms with E-state index in [4.69, 9.17) is 0 Å². The molecule has 0 radical (unpaired) electrons. The number of anilines is 1. The molecule has 1 aromatic rings. The van der Waals surface area contributed by atoms with E-state index < -0.39 is 0 Å². The maximum absolute atomic E-state index is 11.9. The molecule has 1 fully saturated rings. The predicted octanol–water partition coefficient (Wildman–Crippen LogP) is 1.29. The third kappa shape index (κ3) is 3.47. The van der Waals surface area contributed by atoms with Crippen molar-refractivity contribution in [1.82, 2.24) is 10.2 Å². The van der Waals surface area contributed by atoms with Gasteiger partial charge in [0.15, 0.2) is 0 Å². The van der Waals surface area contributed by atoms with Gasteiger partial charge in [0.05, 0.1) is 6.67 Å². The predicted molar refractivity (Wildman–Crippen MR) is 73.5 cm³/mol. The summed E-state index contributed by atoms with van der Waals surface area (Å²) in [5.74, 6) is 0.199. The lowest BCUT2D eigenvalue weighted by Gasteiger charge is -2.31. The van der Waals surface area contributed by atoms with Crippen LogP contribution in [0.5, 0.6) is 0 Å². The van der Waals surface area contributed by atoms with E-state index in [2.05, 4.69) is 22.3 Å². The van der Waals surface area contributed by atoms with Gasteiger partial charge in [-0.3, -0.25) is 4.79 Å². The molecule has 1 saturated heterocycles. The van der Waals surface area contributed by atoms with E-state index >= 15 is 0 Å². The van der Waals surface area contributed by atoms with Gasteiger partial charge < -0.3 is 15.1 Å². The zero-order valence-corrected chi connectivity index (χ0v) is 10.9. The second-order valence-corrected chi connectivity index (χ2v) is 4.69. The van der Waals surface area contributed by atoms with E-state index in [1.165, 1.54) is 5.69 Å². The molecule has 0 atom stereocenters. The number of nitrogens with one attached hydrogen (secondary N) is 1. The van der Waals surface area contributed by atoms with Crippen LogP contribution in [-0.4, -0.2) is 44.2 Å². The summed E-state index contributed by atoms with van der Waals surface area (Å²) in [6.07, 6.45) is 1.68. The molecule has 1 amide bonds. The molecule has 0 saturated carbocycles. The Kier molecular flexibility index (Phi) is 4.59. The minimum absolute atomic E-state index is 0.199. The van der Waals surface area contributed by atoms with Crippen LogP contribution >= 0.6 is 0 Å². The molecule has 2 rings (SSSR count). The molecule has 1 aliphatic heterocycles. The zero-order chi connectivity index (χ0) is 12.8. The highest BCUT2D eigenvalue weighted by molar-refractivity contribution is 5.76. The van der Waals surface area contributed by atoms with E-state index in [-0.39, 0.29) is 5.91 Å². The van der Waals surface area contributed by atoms with Gasteiger partial charge >= 0.3 is 0 Å². The Balaban J connectivity index is 2.08. The third-order valence-electron chi connectivity index (χ3n) is 3.23. The normalized spacial score (nSPS) is 18.8. The Hall–Kier alpha value is -1.55. The molecule has 98 valence electrons. The number of benzene rings is 1. The van der Waals surface area contributed by atoms with E-state index in [0.29, 0.717) is 13.1 Å². The second kappa shape index (κ2) is 6.40. The van der Waals surface area contributed by atoms with Crippen LogP contribution in [0, 0.1) is 0 Å². The second-order valence-electron chi connectivity index (χ2n) is 4.69. The van der Waals surface area contributed by atoms with Crippen molar-refractivity contribution in [3.8, 4) is 0 Å². The van der Waals surface area contributed by atoms with Crippen LogP contribution in [0.15, 0.2) is 30.3 Å². The minimum Gasteiger partial charge on any atom is -0.354 e. The van der Waals surface area contributed by atoms with Gasteiger partial charge in [-0.05, 0) is 25.1 Å². The van der Waals surface area contributed by atoms with Gasteiger partial charge in [0, 0.05) is 32.2 Å². The lowest BCUT2D eigenvalue weighted by molar-refractivity contribution is -0.129. The molecule has 0 aromatic heterocycles. The molecule has 1 aliphatic rings. The Morgan fingerprint density at radius 1 is 1.17 bits per heavy atom. The number of rotatable bonds is 1. The SMILES string of the molecule is CN1CN(c2ccccc2)CCCNCCC1=O. The Labute approximate surface area is 109 Å². The minimum atomic E-state index is 0.199. The van der Waals surface area contributed by atoms with Gasteiger partial charge in [-0.1, -0.05) is 18.2 Å². The van der Waals surface area contributed by atoms with Crippen LogP contribution in [0.3, 0.4) is 0 Å². The average molecular weight is 247 g/mol. The molecule has 0 aliphatic carbocycles. The van der Waals surface area contributed by atoms with Crippen molar-refractivity contribution in [3.05, 3.63) is 30.3 Å². The fourth-order valence-electron chi connectivity index (χ4n) is 2.16. The van der Waals surface area contributed by atoms with Gasteiger partial charge in [-0.2, -0.15) is 0 Å². The van der Waals surface area contributed by atoms with Crippen LogP contribution in [0.25, 0.3) is 0 Å². The van der Waals surface area contributed by atoms with Crippen LogP contribution in [-0.2, 0) is 4.79 Å². The smallest absolute Gasteiger partial charge is 0.225 e. The Morgan fingerprint density at radius 3 is 2.72 bits per heavy atom. The summed E-state index contributed by atoms with van der Waals surface area (Å²) in [5, 5.41) is 3.30. The number of hydrogen-bond acceptors (Lipinski definition) is 3. The van der Waals surface area contributed by atoms with Crippen molar-refractivity contribution in [2.75, 3.05) is 38.3 Å². The highest BCUT2D eigenvalue weighted by atomic mass is 16.2. The summed E-state index contributed by atoms with van der Waals surface area (Å²) in [4.78, 5) is 15.9. The molecule has 1 aromatic carbocycles. The monoisotopic (exact) mass is 247 g/mol. The van der Waals surface area contributed by atoms with Crippen molar-refractivity contribution >= 4 is 11.6 Å². The summed E-state index contributed by atoms with van der Waals surface area (Å²) in [6, 6.07) is 10.3. The summed E-state index contributed by atoms with van der Waals surface area (Å²) in [6.45, 7) is 3.40. The molecular weight excluding hydrogens is 226 g/mol. The molecule has 18 heavy (non-hydrogen) atoms. The van der Waals surface area contributed by atoms with Gasteiger partial charge in [0.2, 0.25) is 5.91 Å². The zero-order valence-electron chi connectivity index (χ0n) is 10.9. The number of carbonyl (C=O) groups excluding carboxylic acids is 1. The lowest BCUT2D eigenvalue weighted by atomic mass is 10.2. The number of para-hydroxylation sites is 1. The Morgan fingerprint density at radius 2 is 1.94 bits per heavy atom. The highest BCUT2D eigenvalue weighted by Gasteiger charge is 2.14. The van der Waals surface area contributed by atoms with Crippen molar-refractivity contribution in [2.45, 2.75) is 12.8 Å². The van der Waals surface area contributed by atoms with Gasteiger partial charge in [0.1, 0.15) is 0 Å². The first-order chi connectivity index (χ1) is 8.77. The maximum atomic E-state index is 11.9. The standard InChI is InChI=1S/C14H21N3O/c1-16-12-17(13-6-3-2-4-7-13)11-5-9-15-10-8-14(16)18/h2-4,6-7,15H,5,8-12H2,1H3. The van der Waals surface area contributed by atoms with Gasteiger partial charge in [-0.25, -0.2) is 0 Å². The van der Waals surface area contributed by atoms with Crippen molar-refractivity contribution in [1.29, 1.82) is 0 Å². The summed E-state index contributed by atoms with van der Waals surface area (Å²) in [5.41, 5.74) is 1.18. The summed E-state index contributed by atoms with van der Waals surface area (Å²) < 4.78 is 0. The van der Waals surface area contributed by atoms with Crippen LogP contribution < -0.4 is 10.2 Å². The van der Waals surface area contributed by atoms with Crippen LogP contribution in [0.4, 0.5) is 5.69 Å². The van der Waals surface area contributed by atoms with Crippen LogP contribution in [0.2, 0.25) is 0 Å². The highest BCUT2D eigenvalue weighted by Crippen LogP contribution is 2.14. The summed E-state index contributed by atoms with van der Waals surface area (Å²) >= 11 is 0. The largest absolute Gasteiger partial charge is 0.354 e. The van der Waals surface area contributed by atoms with Gasteiger partial charge in [0.25, 0.3) is 0 Å². The maximum Gasteiger partial charge on any atom is 0.225 e. The third-order valence-corrected chi connectivity index (χ3v) is 3.23. The number of carbonyl (C=O) groups is 1. The molecule has 1 heterocycles.